The summed E-state index contributed by atoms with van der Waals surface area (Å²) in [6.07, 6.45) is 4.00. The fourth-order valence-corrected chi connectivity index (χ4v) is 3.10. The molecule has 0 spiro atoms. The Morgan fingerprint density at radius 2 is 1.75 bits per heavy atom. The summed E-state index contributed by atoms with van der Waals surface area (Å²) in [6.45, 7) is 0.575. The predicted molar refractivity (Wildman–Crippen MR) is 108 cm³/mol. The summed E-state index contributed by atoms with van der Waals surface area (Å²) in [7, 11) is 0. The predicted octanol–water partition coefficient (Wildman–Crippen LogP) is 3.14. The molecule has 2 aromatic carbocycles. The molecule has 2 heterocycles. The molecule has 0 fully saturated rings. The number of hydrogen-bond donors (Lipinski definition) is 3. The van der Waals surface area contributed by atoms with Gasteiger partial charge in [-0.1, -0.05) is 12.1 Å². The molecule has 7 nitrogen and oxygen atoms in total. The van der Waals surface area contributed by atoms with E-state index in [2.05, 4.69) is 9.97 Å². The second kappa shape index (κ2) is 7.58. The smallest absolute Gasteiger partial charge is 0.150 e. The van der Waals surface area contributed by atoms with Gasteiger partial charge in [-0.3, -0.25) is 0 Å². The van der Waals surface area contributed by atoms with Gasteiger partial charge in [-0.15, -0.1) is 0 Å². The number of benzene rings is 2. The average Bonchev–Trinajstić information content (AvgIpc) is 3.10. The van der Waals surface area contributed by atoms with Crippen molar-refractivity contribution in [2.24, 2.45) is 0 Å². The molecule has 4 N–H and O–H groups in total. The van der Waals surface area contributed by atoms with Crippen molar-refractivity contribution in [1.82, 2.24) is 14.5 Å². The van der Waals surface area contributed by atoms with E-state index in [4.69, 9.17) is 15.6 Å². The summed E-state index contributed by atoms with van der Waals surface area (Å²) in [6, 6.07) is 14.6. The fraction of sp³-hybridized carbons (Fsp3) is 0.143. The van der Waals surface area contributed by atoms with Gasteiger partial charge in [0.2, 0.25) is 0 Å². The summed E-state index contributed by atoms with van der Waals surface area (Å²) >= 11 is 0. The summed E-state index contributed by atoms with van der Waals surface area (Å²) in [5.74, 6) is 1.34. The Labute approximate surface area is 161 Å². The lowest BCUT2D eigenvalue weighted by molar-refractivity contribution is 0.233. The van der Waals surface area contributed by atoms with Gasteiger partial charge in [-0.25, -0.2) is 9.97 Å². The summed E-state index contributed by atoms with van der Waals surface area (Å²) < 4.78 is 7.54. The lowest BCUT2D eigenvalue weighted by Crippen LogP contribution is -2.00. The molecule has 0 saturated carbocycles. The highest BCUT2D eigenvalue weighted by atomic mass is 16.5. The molecule has 0 unspecified atom stereocenters. The third-order valence-electron chi connectivity index (χ3n) is 4.48. The molecule has 2 aromatic heterocycles. The van der Waals surface area contributed by atoms with Crippen molar-refractivity contribution in [2.75, 3.05) is 18.9 Å². The molecular formula is C21H20N4O3. The maximum atomic E-state index is 9.58. The molecule has 0 radical (unpaired) electrons. The number of nitrogens with two attached hydrogens (primary N) is 1. The number of hydrogen-bond acceptors (Lipinski definition) is 6. The Morgan fingerprint density at radius 3 is 2.46 bits per heavy atom. The second-order valence-electron chi connectivity index (χ2n) is 6.34. The van der Waals surface area contributed by atoms with Crippen LogP contribution in [0.2, 0.25) is 0 Å². The van der Waals surface area contributed by atoms with Crippen LogP contribution in [0.4, 0.5) is 5.82 Å². The van der Waals surface area contributed by atoms with Crippen molar-refractivity contribution in [3.05, 3.63) is 61.1 Å². The molecule has 4 aromatic rings. The zero-order chi connectivity index (χ0) is 19.5. The van der Waals surface area contributed by atoms with E-state index in [9.17, 15) is 5.11 Å². The number of ether oxygens (including phenoxy) is 1. The highest BCUT2D eigenvalue weighted by Crippen LogP contribution is 2.35. The van der Waals surface area contributed by atoms with Crippen LogP contribution in [0.1, 0.15) is 6.42 Å². The maximum Gasteiger partial charge on any atom is 0.150 e. The van der Waals surface area contributed by atoms with Gasteiger partial charge in [0.25, 0.3) is 0 Å². The molecule has 0 aliphatic rings. The minimum absolute atomic E-state index is 0.106. The largest absolute Gasteiger partial charge is 0.508 e. The van der Waals surface area contributed by atoms with Crippen LogP contribution >= 0.6 is 0 Å². The van der Waals surface area contributed by atoms with Gasteiger partial charge in [-0.2, -0.15) is 0 Å². The van der Waals surface area contributed by atoms with Crippen LogP contribution in [0.15, 0.2) is 61.1 Å². The van der Waals surface area contributed by atoms with Crippen molar-refractivity contribution in [3.63, 3.8) is 0 Å². The third-order valence-corrected chi connectivity index (χ3v) is 4.48. The Hall–Kier alpha value is -3.58. The zero-order valence-corrected chi connectivity index (χ0v) is 15.1. The lowest BCUT2D eigenvalue weighted by Gasteiger charge is -2.08. The monoisotopic (exact) mass is 376 g/mol. The van der Waals surface area contributed by atoms with Crippen LogP contribution in [0, 0.1) is 0 Å². The third kappa shape index (κ3) is 3.35. The molecular weight excluding hydrogens is 356 g/mol. The zero-order valence-electron chi connectivity index (χ0n) is 15.1. The SMILES string of the molecule is Nc1ncnc2c1c(-c1ccc(O)cc1)cn2-c1ccc(OCCCO)cc1. The van der Waals surface area contributed by atoms with Crippen LogP contribution in [0.3, 0.4) is 0 Å². The maximum absolute atomic E-state index is 9.58. The number of rotatable bonds is 6. The Kier molecular flexibility index (Phi) is 4.82. The number of nitrogen functional groups attached to an aromatic ring is 1. The van der Waals surface area contributed by atoms with Gasteiger partial charge < -0.3 is 25.3 Å². The molecule has 28 heavy (non-hydrogen) atoms. The number of aliphatic hydroxyl groups is 1. The lowest BCUT2D eigenvalue weighted by atomic mass is 10.1. The minimum Gasteiger partial charge on any atom is -0.508 e. The number of aliphatic hydroxyl groups excluding tert-OH is 1. The van der Waals surface area contributed by atoms with E-state index >= 15 is 0 Å². The number of aromatic hydroxyl groups is 1. The molecule has 0 amide bonds. The molecule has 0 bridgehead atoms. The Morgan fingerprint density at radius 1 is 1.00 bits per heavy atom. The van der Waals surface area contributed by atoms with Crippen molar-refractivity contribution < 1.29 is 14.9 Å². The molecule has 7 heteroatoms. The van der Waals surface area contributed by atoms with Crippen LogP contribution in [0.25, 0.3) is 27.8 Å². The molecule has 0 saturated heterocycles. The first-order valence-corrected chi connectivity index (χ1v) is 8.92. The van der Waals surface area contributed by atoms with Gasteiger partial charge in [-0.05, 0) is 42.0 Å². The van der Waals surface area contributed by atoms with Crippen molar-refractivity contribution in [3.8, 4) is 28.3 Å². The first-order chi connectivity index (χ1) is 13.7. The number of phenolic OH excluding ortho intramolecular Hbond substituents is 1. The normalized spacial score (nSPS) is 11.0. The number of phenols is 1. The standard InChI is InChI=1S/C21H20N4O3/c22-20-19-18(14-2-6-16(27)7-3-14)12-25(21(19)24-13-23-20)15-4-8-17(9-5-15)28-11-1-10-26/h2-9,12-13,26-27H,1,10-11H2,(H2,22,23,24). The highest BCUT2D eigenvalue weighted by Gasteiger charge is 2.16. The molecule has 0 aliphatic heterocycles. The average molecular weight is 376 g/mol. The molecule has 4 rings (SSSR count). The van der Waals surface area contributed by atoms with Gasteiger partial charge >= 0.3 is 0 Å². The van der Waals surface area contributed by atoms with Gasteiger partial charge in [0.1, 0.15) is 23.6 Å². The van der Waals surface area contributed by atoms with E-state index in [1.165, 1.54) is 6.33 Å². The highest BCUT2D eigenvalue weighted by molar-refractivity contribution is 6.01. The van der Waals surface area contributed by atoms with Gasteiger partial charge in [0, 0.05) is 30.5 Å². The second-order valence-corrected chi connectivity index (χ2v) is 6.34. The quantitative estimate of drug-likeness (QED) is 0.446. The van der Waals surface area contributed by atoms with Crippen molar-refractivity contribution in [2.45, 2.75) is 6.42 Å². The topological polar surface area (TPSA) is 106 Å². The minimum atomic E-state index is 0.106. The van der Waals surface area contributed by atoms with Crippen LogP contribution in [0.5, 0.6) is 11.5 Å². The number of aromatic nitrogens is 3. The summed E-state index contributed by atoms with van der Waals surface area (Å²) in [5.41, 5.74) is 9.55. The number of fused-ring (bicyclic) bond motifs is 1. The van der Waals surface area contributed by atoms with E-state index < -0.39 is 0 Å². The van der Waals surface area contributed by atoms with Gasteiger partial charge in [0.05, 0.1) is 12.0 Å². The first kappa shape index (κ1) is 17.8. The first-order valence-electron chi connectivity index (χ1n) is 8.92. The molecule has 0 aliphatic carbocycles. The van der Waals surface area contributed by atoms with E-state index in [1.807, 2.05) is 47.2 Å². The van der Waals surface area contributed by atoms with Gasteiger partial charge in [0.15, 0.2) is 5.65 Å². The summed E-state index contributed by atoms with van der Waals surface area (Å²) in [5, 5.41) is 19.2. The van der Waals surface area contributed by atoms with Crippen LogP contribution in [-0.4, -0.2) is 38.0 Å². The number of nitrogens with zero attached hydrogens (tertiary/aromatic N) is 3. The number of anilines is 1. The fourth-order valence-electron chi connectivity index (χ4n) is 3.10. The van der Waals surface area contributed by atoms with E-state index in [1.54, 1.807) is 12.1 Å². The van der Waals surface area contributed by atoms with Crippen LogP contribution < -0.4 is 10.5 Å². The van der Waals surface area contributed by atoms with E-state index in [0.29, 0.717) is 24.5 Å². The van der Waals surface area contributed by atoms with Crippen molar-refractivity contribution >= 4 is 16.9 Å². The Bertz CT molecular complexity index is 1090. The summed E-state index contributed by atoms with van der Waals surface area (Å²) in [4.78, 5) is 8.57. The van der Waals surface area contributed by atoms with E-state index in [0.717, 1.165) is 28.0 Å². The van der Waals surface area contributed by atoms with E-state index in [-0.39, 0.29) is 12.4 Å². The van der Waals surface area contributed by atoms with Crippen molar-refractivity contribution in [1.29, 1.82) is 0 Å². The molecule has 142 valence electrons. The van der Waals surface area contributed by atoms with Crippen LogP contribution in [-0.2, 0) is 0 Å². The molecule has 0 atom stereocenters. The Balaban J connectivity index is 1.77.